The lowest BCUT2D eigenvalue weighted by atomic mass is 9.61. The zero-order valence-electron chi connectivity index (χ0n) is 14.5. The molecule has 1 heterocycles. The van der Waals surface area contributed by atoms with Gasteiger partial charge in [0.2, 0.25) is 5.91 Å². The van der Waals surface area contributed by atoms with E-state index in [-0.39, 0.29) is 5.91 Å². The number of rotatable bonds is 5. The lowest BCUT2D eigenvalue weighted by molar-refractivity contribution is -0.128. The summed E-state index contributed by atoms with van der Waals surface area (Å²) >= 11 is 0. The van der Waals surface area contributed by atoms with Gasteiger partial charge in [0.05, 0.1) is 5.41 Å². The molecule has 0 radical (unpaired) electrons. The number of nitrogens with two attached hydrogens (primary N) is 1. The smallest absolute Gasteiger partial charge is 0.228 e. The van der Waals surface area contributed by atoms with E-state index in [2.05, 4.69) is 43.0 Å². The Morgan fingerprint density at radius 3 is 2.30 bits per heavy atom. The molecule has 126 valence electrons. The first kappa shape index (κ1) is 16.5. The third-order valence-corrected chi connectivity index (χ3v) is 6.25. The number of benzene rings is 1. The van der Waals surface area contributed by atoms with Crippen LogP contribution in [0.5, 0.6) is 0 Å². The summed E-state index contributed by atoms with van der Waals surface area (Å²) in [4.78, 5) is 15.4. The first-order valence-electron chi connectivity index (χ1n) is 9.16. The van der Waals surface area contributed by atoms with Crippen LogP contribution in [0.3, 0.4) is 0 Å². The van der Waals surface area contributed by atoms with E-state index in [0.29, 0.717) is 17.9 Å². The Morgan fingerprint density at radius 2 is 1.78 bits per heavy atom. The van der Waals surface area contributed by atoms with Crippen LogP contribution in [0.1, 0.15) is 51.5 Å². The van der Waals surface area contributed by atoms with Crippen molar-refractivity contribution < 1.29 is 4.79 Å². The van der Waals surface area contributed by atoms with Gasteiger partial charge in [-0.1, -0.05) is 43.2 Å². The van der Waals surface area contributed by atoms with Gasteiger partial charge in [0.15, 0.2) is 0 Å². The highest BCUT2D eigenvalue weighted by atomic mass is 16.1. The Labute approximate surface area is 140 Å². The molecule has 1 aliphatic carbocycles. The maximum Gasteiger partial charge on any atom is 0.228 e. The number of carbonyl (C=O) groups is 1. The van der Waals surface area contributed by atoms with Crippen LogP contribution in [0.2, 0.25) is 0 Å². The molecule has 2 N–H and O–H groups in total. The predicted molar refractivity (Wildman–Crippen MR) is 94.1 cm³/mol. The van der Waals surface area contributed by atoms with Gasteiger partial charge in [-0.3, -0.25) is 4.79 Å². The highest BCUT2D eigenvalue weighted by Gasteiger charge is 2.53. The lowest BCUT2D eigenvalue weighted by Gasteiger charge is -2.42. The molecule has 0 aromatic heterocycles. The summed E-state index contributed by atoms with van der Waals surface area (Å²) in [7, 11) is 0. The third-order valence-electron chi connectivity index (χ3n) is 6.25. The van der Waals surface area contributed by atoms with Gasteiger partial charge in [0.25, 0.3) is 0 Å². The monoisotopic (exact) mass is 314 g/mol. The van der Waals surface area contributed by atoms with Crippen LogP contribution in [0.15, 0.2) is 30.3 Å². The number of hydrogen-bond acceptors (Lipinski definition) is 2. The van der Waals surface area contributed by atoms with Crippen molar-refractivity contribution >= 4 is 5.91 Å². The van der Waals surface area contributed by atoms with Crippen LogP contribution in [0.4, 0.5) is 0 Å². The molecule has 0 bridgehead atoms. The number of amides is 1. The van der Waals surface area contributed by atoms with E-state index in [4.69, 9.17) is 5.73 Å². The fraction of sp³-hybridized carbons (Fsp3) is 0.650. The molecule has 2 aliphatic rings. The Bertz CT molecular complexity index is 536. The number of primary amides is 1. The second-order valence-electron chi connectivity index (χ2n) is 7.65. The van der Waals surface area contributed by atoms with Gasteiger partial charge >= 0.3 is 0 Å². The van der Waals surface area contributed by atoms with E-state index >= 15 is 0 Å². The van der Waals surface area contributed by atoms with Crippen molar-refractivity contribution in [3.05, 3.63) is 35.9 Å². The third kappa shape index (κ3) is 2.80. The molecule has 3 rings (SSSR count). The average molecular weight is 314 g/mol. The van der Waals surface area contributed by atoms with E-state index in [0.717, 1.165) is 37.9 Å². The van der Waals surface area contributed by atoms with E-state index in [1.165, 1.54) is 12.8 Å². The number of nitrogens with zero attached hydrogens (tertiary/aromatic N) is 1. The van der Waals surface area contributed by atoms with Crippen molar-refractivity contribution in [2.75, 3.05) is 13.1 Å². The summed E-state index contributed by atoms with van der Waals surface area (Å²) in [6.45, 7) is 6.56. The van der Waals surface area contributed by atoms with E-state index in [1.807, 2.05) is 6.07 Å². The molecule has 3 heteroatoms. The Balaban J connectivity index is 2.04. The normalized spacial score (nSPS) is 25.8. The average Bonchev–Trinajstić information content (AvgIpc) is 3.21. The van der Waals surface area contributed by atoms with Gasteiger partial charge in [0.1, 0.15) is 0 Å². The first-order chi connectivity index (χ1) is 11.1. The second kappa shape index (κ2) is 6.64. The maximum atomic E-state index is 12.9. The zero-order chi connectivity index (χ0) is 16.4. The van der Waals surface area contributed by atoms with Gasteiger partial charge < -0.3 is 10.6 Å². The molecule has 1 aromatic carbocycles. The standard InChI is InChI=1S/C20H30N2O/c1-15(2)22-13-12-18(14-22)20(19(21)23,17-10-6-7-11-17)16-8-4-3-5-9-16/h3-5,8-9,15,17-18H,6-7,10-14H2,1-2H3,(H2,21,23)/t18-,20-/m1/s1. The van der Waals surface area contributed by atoms with Crippen molar-refractivity contribution in [2.45, 2.75) is 57.4 Å². The zero-order valence-corrected chi connectivity index (χ0v) is 14.5. The van der Waals surface area contributed by atoms with E-state index in [9.17, 15) is 4.79 Å². The van der Waals surface area contributed by atoms with Gasteiger partial charge in [-0.2, -0.15) is 0 Å². The predicted octanol–water partition coefficient (Wildman–Crippen LogP) is 3.33. The number of carbonyl (C=O) groups excluding carboxylic acids is 1. The van der Waals surface area contributed by atoms with Gasteiger partial charge in [-0.25, -0.2) is 0 Å². The molecule has 1 aliphatic heterocycles. The molecule has 0 spiro atoms. The largest absolute Gasteiger partial charge is 0.369 e. The molecular formula is C20H30N2O. The van der Waals surface area contributed by atoms with Crippen LogP contribution in [0.25, 0.3) is 0 Å². The van der Waals surface area contributed by atoms with Crippen molar-refractivity contribution in [3.8, 4) is 0 Å². The molecule has 2 fully saturated rings. The summed E-state index contributed by atoms with van der Waals surface area (Å²) < 4.78 is 0. The first-order valence-corrected chi connectivity index (χ1v) is 9.16. The summed E-state index contributed by atoms with van der Waals surface area (Å²) in [5.74, 6) is 0.638. The van der Waals surface area contributed by atoms with Crippen LogP contribution in [-0.4, -0.2) is 29.9 Å². The minimum absolute atomic E-state index is 0.105. The SMILES string of the molecule is CC(C)N1CC[C@@H]([C@@](C(N)=O)(c2ccccc2)C2CCCC2)C1. The van der Waals surface area contributed by atoms with Crippen LogP contribution < -0.4 is 5.73 Å². The van der Waals surface area contributed by atoms with Crippen molar-refractivity contribution in [1.82, 2.24) is 4.90 Å². The molecule has 1 saturated carbocycles. The molecule has 1 aromatic rings. The van der Waals surface area contributed by atoms with E-state index in [1.54, 1.807) is 0 Å². The van der Waals surface area contributed by atoms with Crippen LogP contribution in [-0.2, 0) is 10.2 Å². The maximum absolute atomic E-state index is 12.9. The fourth-order valence-electron chi connectivity index (χ4n) is 5.07. The van der Waals surface area contributed by atoms with Crippen LogP contribution >= 0.6 is 0 Å². The van der Waals surface area contributed by atoms with Crippen molar-refractivity contribution in [3.63, 3.8) is 0 Å². The minimum Gasteiger partial charge on any atom is -0.369 e. The fourth-order valence-corrected chi connectivity index (χ4v) is 5.07. The lowest BCUT2D eigenvalue weighted by Crippen LogP contribution is -2.53. The Morgan fingerprint density at radius 1 is 1.13 bits per heavy atom. The summed E-state index contributed by atoms with van der Waals surface area (Å²) in [6.07, 6.45) is 5.80. The van der Waals surface area contributed by atoms with Crippen LogP contribution in [0, 0.1) is 11.8 Å². The summed E-state index contributed by atoms with van der Waals surface area (Å²) in [5, 5.41) is 0. The van der Waals surface area contributed by atoms with Gasteiger partial charge in [-0.05, 0) is 57.1 Å². The van der Waals surface area contributed by atoms with Gasteiger partial charge in [-0.15, -0.1) is 0 Å². The Kier molecular flexibility index (Phi) is 4.77. The molecule has 0 unspecified atom stereocenters. The van der Waals surface area contributed by atoms with Crippen molar-refractivity contribution in [2.24, 2.45) is 17.6 Å². The quantitative estimate of drug-likeness (QED) is 0.906. The molecule has 1 amide bonds. The minimum atomic E-state index is -0.485. The van der Waals surface area contributed by atoms with Gasteiger partial charge in [0, 0.05) is 12.6 Å². The number of likely N-dealkylation sites (tertiary alicyclic amines) is 1. The Hall–Kier alpha value is -1.35. The van der Waals surface area contributed by atoms with Crippen molar-refractivity contribution in [1.29, 1.82) is 0 Å². The molecule has 1 saturated heterocycles. The molecular weight excluding hydrogens is 284 g/mol. The molecule has 3 nitrogen and oxygen atoms in total. The highest BCUT2D eigenvalue weighted by Crippen LogP contribution is 2.49. The van der Waals surface area contributed by atoms with E-state index < -0.39 is 5.41 Å². The number of hydrogen-bond donors (Lipinski definition) is 1. The second-order valence-corrected chi connectivity index (χ2v) is 7.65. The topological polar surface area (TPSA) is 46.3 Å². The highest BCUT2D eigenvalue weighted by molar-refractivity contribution is 5.87. The molecule has 23 heavy (non-hydrogen) atoms. The molecule has 2 atom stereocenters. The summed E-state index contributed by atoms with van der Waals surface area (Å²) in [5.41, 5.74) is 6.79. The summed E-state index contributed by atoms with van der Waals surface area (Å²) in [6, 6.07) is 10.9.